The van der Waals surface area contributed by atoms with Crippen LogP contribution in [-0.2, 0) is 60.6 Å². The molecule has 0 aliphatic carbocycles. The average Bonchev–Trinajstić information content (AvgIpc) is 0. The molecule has 0 aromatic rings. The van der Waals surface area contributed by atoms with Crippen LogP contribution in [0.15, 0.2) is 0 Å². The summed E-state index contributed by atoms with van der Waals surface area (Å²) in [5.41, 5.74) is 0. The van der Waals surface area contributed by atoms with Gasteiger partial charge in [0.1, 0.15) is 0 Å². The number of rotatable bonds is 0. The molecule has 0 fully saturated rings. The molecule has 0 saturated heterocycles. The fraction of sp³-hybridized carbons (Fsp3) is 0. The van der Waals surface area contributed by atoms with Crippen LogP contribution in [0.2, 0.25) is 0 Å². The van der Waals surface area contributed by atoms with Crippen molar-refractivity contribution in [2.45, 2.75) is 0 Å². The summed E-state index contributed by atoms with van der Waals surface area (Å²) in [5, 5.41) is 0. The Hall–Kier alpha value is 2.69. The summed E-state index contributed by atoms with van der Waals surface area (Å²) in [4.78, 5) is 0. The molecule has 2 N–H and O–H groups in total. The van der Waals surface area contributed by atoms with Crippen molar-refractivity contribution >= 4 is 23.9 Å². The Balaban J connectivity index is 0. The maximum absolute atomic E-state index is 0. The fourth-order valence-corrected chi connectivity index (χ4v) is 0. The van der Waals surface area contributed by atoms with Crippen LogP contribution in [0.4, 0.5) is 0 Å². The molecule has 0 aliphatic heterocycles. The van der Waals surface area contributed by atoms with Crippen LogP contribution in [0.3, 0.4) is 0 Å². The van der Waals surface area contributed by atoms with Crippen LogP contribution >= 0.6 is 0 Å². The normalized spacial score (nSPS) is 0. The number of hydrogen-bond acceptors (Lipinski definition) is 0. The molecular weight excluding hydrogens is 334 g/mol. The molecule has 0 heterocycles. The van der Waals surface area contributed by atoms with Gasteiger partial charge in [-0.2, -0.15) is 0 Å². The van der Waals surface area contributed by atoms with Crippen LogP contribution in [0.1, 0.15) is 0 Å². The third-order valence-corrected chi connectivity index (χ3v) is 0. The smallest absolute Gasteiger partial charge is 0 e. The van der Waals surface area contributed by atoms with E-state index in [1.54, 1.807) is 0 Å². The van der Waals surface area contributed by atoms with E-state index in [0.29, 0.717) is 0 Å². The van der Waals surface area contributed by atoms with E-state index in [2.05, 4.69) is 0 Å². The van der Waals surface area contributed by atoms with E-state index in [0.717, 1.165) is 0 Å². The predicted octanol–water partition coefficient (Wildman–Crippen LogP) is -1.21. The molecule has 0 aromatic carbocycles. The first kappa shape index (κ1) is 47.5. The van der Waals surface area contributed by atoms with E-state index in [9.17, 15) is 0 Å². The van der Waals surface area contributed by atoms with Gasteiger partial charge in [-0.3, -0.25) is 0 Å². The first-order valence-corrected chi connectivity index (χ1v) is 0. The molecular formula is H2CrFeOSnZr. The van der Waals surface area contributed by atoms with Crippen molar-refractivity contribution in [2.75, 3.05) is 0 Å². The van der Waals surface area contributed by atoms with Gasteiger partial charge < -0.3 is 5.48 Å². The Bertz CT molecular complexity index is 11.6. The van der Waals surface area contributed by atoms with E-state index in [4.69, 9.17) is 0 Å². The minimum atomic E-state index is 0. The molecule has 0 saturated carbocycles. The second-order valence-corrected chi connectivity index (χ2v) is 0. The van der Waals surface area contributed by atoms with Crippen LogP contribution in [0, 0.1) is 0 Å². The van der Waals surface area contributed by atoms with Gasteiger partial charge in [-0.1, -0.05) is 0 Å². The van der Waals surface area contributed by atoms with E-state index in [-0.39, 0.29) is 90.0 Å². The van der Waals surface area contributed by atoms with Gasteiger partial charge in [-0.25, -0.2) is 0 Å². The molecule has 0 rings (SSSR count). The second-order valence-electron chi connectivity index (χ2n) is 0. The third-order valence-electron chi connectivity index (χ3n) is 0. The van der Waals surface area contributed by atoms with Crippen molar-refractivity contribution in [2.24, 2.45) is 0 Å². The summed E-state index contributed by atoms with van der Waals surface area (Å²) >= 11 is 0. The standard InChI is InChI=1S/Cr.Fe.H2O.Sn.Zr/h;;1H2;;. The zero-order chi connectivity index (χ0) is 0. The Labute approximate surface area is 88.6 Å². The molecule has 0 unspecified atom stereocenters. The zero-order valence-corrected chi connectivity index (χ0v) is 9.95. The summed E-state index contributed by atoms with van der Waals surface area (Å²) in [5.74, 6) is 0. The quantitative estimate of drug-likeness (QED) is 0.498. The van der Waals surface area contributed by atoms with Gasteiger partial charge in [-0.15, -0.1) is 0 Å². The monoisotopic (exact) mass is 336 g/mol. The van der Waals surface area contributed by atoms with Gasteiger partial charge in [0, 0.05) is 84.5 Å². The molecule has 0 bridgehead atoms. The molecule has 0 spiro atoms. The summed E-state index contributed by atoms with van der Waals surface area (Å²) in [6.45, 7) is 0. The van der Waals surface area contributed by atoms with Gasteiger partial charge in [0.2, 0.25) is 0 Å². The fourth-order valence-electron chi connectivity index (χ4n) is 0. The van der Waals surface area contributed by atoms with Gasteiger partial charge in [0.15, 0.2) is 0 Å². The van der Waals surface area contributed by atoms with Gasteiger partial charge in [-0.05, 0) is 0 Å². The zero-order valence-electron chi connectivity index (χ0n) is 2.26. The molecule has 5 heteroatoms. The molecule has 0 aliphatic rings. The molecule has 4 radical (unpaired) electrons. The van der Waals surface area contributed by atoms with Gasteiger partial charge >= 0.3 is 0 Å². The Morgan fingerprint density at radius 3 is 1.00 bits per heavy atom. The summed E-state index contributed by atoms with van der Waals surface area (Å²) in [6.07, 6.45) is 0. The van der Waals surface area contributed by atoms with Crippen molar-refractivity contribution in [1.82, 2.24) is 0 Å². The van der Waals surface area contributed by atoms with Crippen molar-refractivity contribution in [3.63, 3.8) is 0 Å². The largest absolute Gasteiger partial charge is 0.412 e. The van der Waals surface area contributed by atoms with Crippen LogP contribution in [0.25, 0.3) is 0 Å². The minimum Gasteiger partial charge on any atom is -0.412 e. The predicted molar refractivity (Wildman–Crippen MR) is 9.37 cm³/mol. The molecule has 0 aromatic heterocycles. The first-order chi connectivity index (χ1) is 0. The topological polar surface area (TPSA) is 31.5 Å². The maximum atomic E-state index is 0. The molecule has 0 amide bonds. The average molecular weight is 336 g/mol. The van der Waals surface area contributed by atoms with Gasteiger partial charge in [0.05, 0.1) is 0 Å². The summed E-state index contributed by atoms with van der Waals surface area (Å²) < 4.78 is 0. The Morgan fingerprint density at radius 1 is 1.00 bits per heavy atom. The number of hydrogen-bond donors (Lipinski definition) is 0. The van der Waals surface area contributed by atoms with Crippen LogP contribution in [0.5, 0.6) is 0 Å². The molecule has 5 heavy (non-hydrogen) atoms. The summed E-state index contributed by atoms with van der Waals surface area (Å²) in [6, 6.07) is 0. The molecule has 0 atom stereocenters. The van der Waals surface area contributed by atoms with E-state index >= 15 is 0 Å². The third kappa shape index (κ3) is 20.3. The maximum Gasteiger partial charge on any atom is 0 e. The second kappa shape index (κ2) is 29.9. The van der Waals surface area contributed by atoms with Crippen LogP contribution < -0.4 is 0 Å². The molecule has 1 nitrogen and oxygen atoms in total. The molecule has 30 valence electrons. The van der Waals surface area contributed by atoms with E-state index in [1.165, 1.54) is 0 Å². The Kier molecular flexibility index (Phi) is 284. The first-order valence-electron chi connectivity index (χ1n) is 0. The summed E-state index contributed by atoms with van der Waals surface area (Å²) in [7, 11) is 0. The van der Waals surface area contributed by atoms with Crippen molar-refractivity contribution in [3.8, 4) is 0 Å². The Morgan fingerprint density at radius 2 is 1.00 bits per heavy atom. The van der Waals surface area contributed by atoms with Crippen molar-refractivity contribution in [1.29, 1.82) is 0 Å². The van der Waals surface area contributed by atoms with Crippen molar-refractivity contribution < 1.29 is 66.1 Å². The minimum absolute atomic E-state index is 0. The SMILES string of the molecule is O.[Cr].[Fe].[Sn].[Zr]. The van der Waals surface area contributed by atoms with Crippen molar-refractivity contribution in [3.05, 3.63) is 0 Å². The van der Waals surface area contributed by atoms with Gasteiger partial charge in [0.25, 0.3) is 0 Å². The van der Waals surface area contributed by atoms with E-state index in [1.807, 2.05) is 0 Å². The van der Waals surface area contributed by atoms with Crippen LogP contribution in [-0.4, -0.2) is 29.4 Å². The van der Waals surface area contributed by atoms with E-state index < -0.39 is 0 Å².